The largest absolute Gasteiger partial charge is 0.506 e. The summed E-state index contributed by atoms with van der Waals surface area (Å²) in [5, 5.41) is 20.4. The highest BCUT2D eigenvalue weighted by Crippen LogP contribution is 2.44. The molecule has 0 bridgehead atoms. The highest BCUT2D eigenvalue weighted by Gasteiger charge is 2.31. The van der Waals surface area contributed by atoms with Crippen LogP contribution in [0.3, 0.4) is 0 Å². The van der Waals surface area contributed by atoms with Crippen molar-refractivity contribution in [3.8, 4) is 5.75 Å². The number of rotatable bonds is 3. The lowest BCUT2D eigenvalue weighted by Gasteiger charge is -2.26. The molecule has 2 rings (SSSR count). The molecule has 3 nitrogen and oxygen atoms in total. The Morgan fingerprint density at radius 1 is 1.15 bits per heavy atom. The fraction of sp³-hybridized carbons (Fsp3) is 0.538. The zero-order valence-electron chi connectivity index (χ0n) is 10.7. The number of hydrogen-bond acceptors (Lipinski definition) is 3. The van der Waals surface area contributed by atoms with Gasteiger partial charge in [0, 0.05) is 10.0 Å². The molecule has 0 aromatic heterocycles. The van der Waals surface area contributed by atoms with E-state index in [0.717, 1.165) is 30.2 Å². The van der Waals surface area contributed by atoms with Crippen molar-refractivity contribution in [1.29, 1.82) is 0 Å². The van der Waals surface area contributed by atoms with Crippen LogP contribution >= 0.6 is 60.2 Å². The van der Waals surface area contributed by atoms with E-state index in [1.165, 1.54) is 0 Å². The summed E-state index contributed by atoms with van der Waals surface area (Å²) >= 11 is 10.1. The molecule has 0 saturated heterocycles. The molecule has 1 aliphatic carbocycles. The van der Waals surface area contributed by atoms with Gasteiger partial charge in [-0.2, -0.15) is 0 Å². The van der Waals surface area contributed by atoms with Gasteiger partial charge < -0.3 is 15.9 Å². The van der Waals surface area contributed by atoms with Crippen LogP contribution in [-0.2, 0) is 0 Å². The van der Waals surface area contributed by atoms with Gasteiger partial charge in [0.05, 0.1) is 21.1 Å². The first-order chi connectivity index (χ1) is 8.93. The maximum absolute atomic E-state index is 10.4. The summed E-state index contributed by atoms with van der Waals surface area (Å²) in [6.07, 6.45) is 3.76. The van der Waals surface area contributed by atoms with Crippen LogP contribution in [0.2, 0.25) is 0 Å². The van der Waals surface area contributed by atoms with Gasteiger partial charge in [0.2, 0.25) is 0 Å². The van der Waals surface area contributed by atoms with Crippen molar-refractivity contribution in [3.05, 3.63) is 25.0 Å². The molecule has 1 aliphatic rings. The van der Waals surface area contributed by atoms with Crippen LogP contribution in [0.5, 0.6) is 5.75 Å². The highest BCUT2D eigenvalue weighted by molar-refractivity contribution is 9.11. The van der Waals surface area contributed by atoms with E-state index >= 15 is 0 Å². The predicted molar refractivity (Wildman–Crippen MR) is 93.3 cm³/mol. The van der Waals surface area contributed by atoms with Crippen LogP contribution in [0.15, 0.2) is 19.5 Å². The third kappa shape index (κ3) is 3.70. The lowest BCUT2D eigenvalue weighted by Crippen LogP contribution is -2.32. The lowest BCUT2D eigenvalue weighted by atomic mass is 9.91. The number of hydrogen-bond donors (Lipinski definition) is 3. The van der Waals surface area contributed by atoms with Crippen molar-refractivity contribution < 1.29 is 10.2 Å². The van der Waals surface area contributed by atoms with Crippen LogP contribution in [-0.4, -0.2) is 16.3 Å². The second-order valence-corrected chi connectivity index (χ2v) is 7.48. The summed E-state index contributed by atoms with van der Waals surface area (Å²) < 4.78 is 1.88. The standard InChI is InChI=1S/C13H16Br3NO2.ClH/c14-7-5-8(15)13(19)10(16)9(7)11(17)12(18)6-3-1-2-4-6;/h5-6,11-12,18-19H,1-4,17H2;1H/t11-,12+;/m1./s1. The summed E-state index contributed by atoms with van der Waals surface area (Å²) in [5.41, 5.74) is 6.91. The van der Waals surface area contributed by atoms with E-state index < -0.39 is 12.1 Å². The van der Waals surface area contributed by atoms with E-state index in [-0.39, 0.29) is 24.1 Å². The Morgan fingerprint density at radius 2 is 1.70 bits per heavy atom. The highest BCUT2D eigenvalue weighted by atomic mass is 79.9. The first-order valence-corrected chi connectivity index (χ1v) is 8.61. The number of aromatic hydroxyl groups is 1. The van der Waals surface area contributed by atoms with Crippen molar-refractivity contribution in [1.82, 2.24) is 0 Å². The van der Waals surface area contributed by atoms with E-state index in [9.17, 15) is 10.2 Å². The topological polar surface area (TPSA) is 66.5 Å². The van der Waals surface area contributed by atoms with Gasteiger partial charge in [0.15, 0.2) is 0 Å². The Hall–Kier alpha value is 0.670. The van der Waals surface area contributed by atoms with Crippen LogP contribution in [0.4, 0.5) is 0 Å². The van der Waals surface area contributed by atoms with Gasteiger partial charge >= 0.3 is 0 Å². The third-order valence-corrected chi connectivity index (χ3v) is 5.83. The van der Waals surface area contributed by atoms with Crippen LogP contribution < -0.4 is 5.73 Å². The second kappa shape index (κ2) is 7.79. The molecule has 0 radical (unpaired) electrons. The molecule has 0 amide bonds. The number of aliphatic hydroxyl groups is 1. The molecule has 2 atom stereocenters. The number of phenols is 1. The minimum absolute atomic E-state index is 0. The first kappa shape index (κ1) is 18.7. The Balaban J connectivity index is 0.00000200. The van der Waals surface area contributed by atoms with Gasteiger partial charge in [0.25, 0.3) is 0 Å². The first-order valence-electron chi connectivity index (χ1n) is 6.23. The summed E-state index contributed by atoms with van der Waals surface area (Å²) in [5.74, 6) is 0.354. The SMILES string of the molecule is Cl.N[C@H](c1c(Br)cc(Br)c(O)c1Br)[C@@H](O)C1CCCC1. The molecular weight excluding hydrogens is 477 g/mol. The number of benzene rings is 1. The van der Waals surface area contributed by atoms with Crippen LogP contribution in [0, 0.1) is 5.92 Å². The summed E-state index contributed by atoms with van der Waals surface area (Å²) in [4.78, 5) is 0. The van der Waals surface area contributed by atoms with Crippen LogP contribution in [0.25, 0.3) is 0 Å². The molecule has 1 fully saturated rings. The smallest absolute Gasteiger partial charge is 0.144 e. The monoisotopic (exact) mass is 491 g/mol. The maximum Gasteiger partial charge on any atom is 0.144 e. The Morgan fingerprint density at radius 3 is 2.25 bits per heavy atom. The van der Waals surface area contributed by atoms with Gasteiger partial charge in [-0.15, -0.1) is 12.4 Å². The Labute approximate surface area is 150 Å². The molecule has 0 aliphatic heterocycles. The zero-order chi connectivity index (χ0) is 14.2. The molecule has 1 aromatic carbocycles. The minimum atomic E-state index is -0.587. The van der Waals surface area contributed by atoms with Gasteiger partial charge in [-0.1, -0.05) is 28.8 Å². The summed E-state index contributed by atoms with van der Waals surface area (Å²) in [6.45, 7) is 0. The number of aliphatic hydroxyl groups excluding tert-OH is 1. The molecule has 1 aromatic rings. The molecule has 1 saturated carbocycles. The van der Waals surface area contributed by atoms with Gasteiger partial charge in [0.1, 0.15) is 5.75 Å². The van der Waals surface area contributed by atoms with Crippen molar-refractivity contribution in [2.24, 2.45) is 11.7 Å². The lowest BCUT2D eigenvalue weighted by molar-refractivity contribution is 0.0840. The second-order valence-electron chi connectivity index (χ2n) is 4.98. The minimum Gasteiger partial charge on any atom is -0.506 e. The molecule has 4 N–H and O–H groups in total. The zero-order valence-corrected chi connectivity index (χ0v) is 16.2. The van der Waals surface area contributed by atoms with Gasteiger partial charge in [-0.3, -0.25) is 0 Å². The quantitative estimate of drug-likeness (QED) is 0.573. The fourth-order valence-electron chi connectivity index (χ4n) is 2.66. The molecule has 20 heavy (non-hydrogen) atoms. The van der Waals surface area contributed by atoms with Gasteiger partial charge in [-0.25, -0.2) is 0 Å². The summed E-state index contributed by atoms with van der Waals surface area (Å²) in [6, 6.07) is 1.22. The fourth-order valence-corrected chi connectivity index (χ4v) is 5.31. The molecule has 0 unspecified atom stereocenters. The van der Waals surface area contributed by atoms with E-state index in [2.05, 4.69) is 47.8 Å². The normalized spacial score (nSPS) is 18.6. The number of halogens is 4. The van der Waals surface area contributed by atoms with Crippen molar-refractivity contribution in [3.63, 3.8) is 0 Å². The van der Waals surface area contributed by atoms with Crippen molar-refractivity contribution in [2.75, 3.05) is 0 Å². The Bertz CT molecular complexity index is 481. The van der Waals surface area contributed by atoms with Gasteiger partial charge in [-0.05, 0) is 56.7 Å². The van der Waals surface area contributed by atoms with Crippen molar-refractivity contribution in [2.45, 2.75) is 37.8 Å². The average molecular weight is 494 g/mol. The van der Waals surface area contributed by atoms with E-state index in [4.69, 9.17) is 5.73 Å². The molecular formula is C13H17Br3ClNO2. The van der Waals surface area contributed by atoms with E-state index in [1.54, 1.807) is 6.07 Å². The summed E-state index contributed by atoms with van der Waals surface area (Å²) in [7, 11) is 0. The third-order valence-electron chi connectivity index (χ3n) is 3.77. The van der Waals surface area contributed by atoms with Crippen molar-refractivity contribution >= 4 is 60.2 Å². The Kier molecular flexibility index (Phi) is 7.29. The molecule has 7 heteroatoms. The molecule has 114 valence electrons. The van der Waals surface area contributed by atoms with E-state index in [0.29, 0.717) is 14.5 Å². The maximum atomic E-state index is 10.4. The van der Waals surface area contributed by atoms with Crippen LogP contribution in [0.1, 0.15) is 37.3 Å². The molecule has 0 heterocycles. The molecule has 0 spiro atoms. The number of phenolic OH excluding ortho intramolecular Hbond substituents is 1. The van der Waals surface area contributed by atoms with E-state index in [1.807, 2.05) is 0 Å². The number of nitrogens with two attached hydrogens (primary N) is 1. The average Bonchev–Trinajstić information content (AvgIpc) is 2.88. The predicted octanol–water partition coefficient (Wildman–Crippen LogP) is 4.65.